The zero-order valence-corrected chi connectivity index (χ0v) is 12.6. The topological polar surface area (TPSA) is 34.1 Å². The molecule has 0 saturated carbocycles. The Bertz CT molecular complexity index is 672. The molecule has 2 bridgehead atoms. The summed E-state index contributed by atoms with van der Waals surface area (Å²) >= 11 is 1.49. The number of ether oxygens (including phenoxy) is 1. The molecule has 4 heterocycles. The number of fused-ring (bicyclic) bond motifs is 2. The molecule has 1 N–H and O–H groups in total. The number of rotatable bonds is 3. The third kappa shape index (κ3) is 2.24. The van der Waals surface area contributed by atoms with Crippen molar-refractivity contribution in [2.45, 2.75) is 37.3 Å². The minimum atomic E-state index is -0.403. The lowest BCUT2D eigenvalue weighted by molar-refractivity contribution is 0.417. The molecule has 0 radical (unpaired) electrons. The molecule has 0 spiro atoms. The second kappa shape index (κ2) is 5.07. The van der Waals surface area contributed by atoms with Crippen molar-refractivity contribution in [3.8, 4) is 16.2 Å². The third-order valence-electron chi connectivity index (χ3n) is 4.66. The molecule has 2 aromatic heterocycles. The Morgan fingerprint density at radius 2 is 2.29 bits per heavy atom. The molecule has 2 fully saturated rings. The number of hydrogen-bond acceptors (Lipinski definition) is 4. The van der Waals surface area contributed by atoms with Crippen LogP contribution in [-0.2, 0) is 0 Å². The maximum atomic E-state index is 14.1. The number of methoxy groups -OCH3 is 1. The molecule has 3 unspecified atom stereocenters. The standard InChI is InChI=1S/C16H17FN2OS/c1-20-11-6-15(21-8-11)13-4-9(7-18-16(13)17)12-5-10-2-3-14(12)19-10/h4,6-8,10,12,14,19H,2-3,5H2,1H3. The lowest BCUT2D eigenvalue weighted by Crippen LogP contribution is -2.21. The minimum absolute atomic E-state index is 0.403. The Hall–Kier alpha value is -1.46. The smallest absolute Gasteiger partial charge is 0.221 e. The monoisotopic (exact) mass is 304 g/mol. The maximum Gasteiger partial charge on any atom is 0.221 e. The quantitative estimate of drug-likeness (QED) is 0.880. The highest BCUT2D eigenvalue weighted by Gasteiger charge is 2.40. The summed E-state index contributed by atoms with van der Waals surface area (Å²) < 4.78 is 19.3. The Morgan fingerprint density at radius 3 is 2.95 bits per heavy atom. The van der Waals surface area contributed by atoms with Gasteiger partial charge in [-0.05, 0) is 37.0 Å². The molecule has 0 aliphatic carbocycles. The molecule has 5 heteroatoms. The van der Waals surface area contributed by atoms with Crippen LogP contribution in [0, 0.1) is 5.95 Å². The van der Waals surface area contributed by atoms with E-state index in [0.29, 0.717) is 23.6 Å². The van der Waals surface area contributed by atoms with E-state index in [1.807, 2.05) is 17.5 Å². The van der Waals surface area contributed by atoms with Crippen LogP contribution in [0.4, 0.5) is 4.39 Å². The van der Waals surface area contributed by atoms with Crippen LogP contribution in [0.2, 0.25) is 0 Å². The van der Waals surface area contributed by atoms with Gasteiger partial charge in [-0.1, -0.05) is 0 Å². The fraction of sp³-hybridized carbons (Fsp3) is 0.438. The predicted molar refractivity (Wildman–Crippen MR) is 81.4 cm³/mol. The first-order valence-corrected chi connectivity index (χ1v) is 8.17. The van der Waals surface area contributed by atoms with Crippen LogP contribution in [0.1, 0.15) is 30.7 Å². The molecular weight excluding hydrogens is 287 g/mol. The van der Waals surface area contributed by atoms with E-state index >= 15 is 0 Å². The molecule has 110 valence electrons. The van der Waals surface area contributed by atoms with Crippen molar-refractivity contribution >= 4 is 11.3 Å². The Labute approximate surface area is 127 Å². The number of aromatic nitrogens is 1. The van der Waals surface area contributed by atoms with Gasteiger partial charge >= 0.3 is 0 Å². The summed E-state index contributed by atoms with van der Waals surface area (Å²) in [6.07, 6.45) is 5.33. The first-order chi connectivity index (χ1) is 10.2. The fourth-order valence-electron chi connectivity index (χ4n) is 3.60. The molecule has 2 saturated heterocycles. The molecule has 21 heavy (non-hydrogen) atoms. The molecule has 2 aliphatic heterocycles. The van der Waals surface area contributed by atoms with Crippen molar-refractivity contribution in [1.82, 2.24) is 10.3 Å². The highest BCUT2D eigenvalue weighted by molar-refractivity contribution is 7.13. The van der Waals surface area contributed by atoms with Gasteiger partial charge in [-0.2, -0.15) is 4.39 Å². The van der Waals surface area contributed by atoms with Crippen molar-refractivity contribution in [3.05, 3.63) is 35.2 Å². The Kier molecular flexibility index (Phi) is 3.19. The average molecular weight is 304 g/mol. The summed E-state index contributed by atoms with van der Waals surface area (Å²) in [5, 5.41) is 5.51. The molecule has 2 aliphatic rings. The largest absolute Gasteiger partial charge is 0.496 e. The summed E-state index contributed by atoms with van der Waals surface area (Å²) in [4.78, 5) is 4.86. The first-order valence-electron chi connectivity index (χ1n) is 7.29. The van der Waals surface area contributed by atoms with Crippen molar-refractivity contribution in [3.63, 3.8) is 0 Å². The number of nitrogens with one attached hydrogen (secondary N) is 1. The van der Waals surface area contributed by atoms with Crippen LogP contribution in [0.15, 0.2) is 23.7 Å². The molecular formula is C16H17FN2OS. The predicted octanol–water partition coefficient (Wildman–Crippen LogP) is 3.57. The Morgan fingerprint density at radius 1 is 1.38 bits per heavy atom. The van der Waals surface area contributed by atoms with E-state index in [1.165, 1.54) is 24.2 Å². The summed E-state index contributed by atoms with van der Waals surface area (Å²) in [5.74, 6) is 0.832. The van der Waals surface area contributed by atoms with Gasteiger partial charge in [-0.25, -0.2) is 4.98 Å². The zero-order valence-electron chi connectivity index (χ0n) is 11.8. The number of nitrogens with zero attached hydrogens (tertiary/aromatic N) is 1. The van der Waals surface area contributed by atoms with Gasteiger partial charge in [-0.15, -0.1) is 11.3 Å². The molecule has 3 atom stereocenters. The van der Waals surface area contributed by atoms with Crippen LogP contribution in [0.25, 0.3) is 10.4 Å². The fourth-order valence-corrected chi connectivity index (χ4v) is 4.46. The lowest BCUT2D eigenvalue weighted by atomic mass is 9.84. The molecule has 0 amide bonds. The van der Waals surface area contributed by atoms with E-state index < -0.39 is 5.95 Å². The highest BCUT2D eigenvalue weighted by Crippen LogP contribution is 2.41. The SMILES string of the molecule is COc1csc(-c2cc(C3CC4CCC3N4)cnc2F)c1. The van der Waals surface area contributed by atoms with Gasteiger partial charge in [0.15, 0.2) is 0 Å². The normalized spacial score (nSPS) is 27.2. The van der Waals surface area contributed by atoms with Crippen LogP contribution in [-0.4, -0.2) is 24.2 Å². The maximum absolute atomic E-state index is 14.1. The molecule has 4 rings (SSSR count). The van der Waals surface area contributed by atoms with Crippen molar-refractivity contribution in [2.75, 3.05) is 7.11 Å². The van der Waals surface area contributed by atoms with Crippen molar-refractivity contribution < 1.29 is 9.13 Å². The Balaban J connectivity index is 1.69. The number of hydrogen-bond donors (Lipinski definition) is 1. The molecule has 3 nitrogen and oxygen atoms in total. The molecule has 0 aromatic carbocycles. The van der Waals surface area contributed by atoms with E-state index in [0.717, 1.165) is 22.6 Å². The van der Waals surface area contributed by atoms with Gasteiger partial charge < -0.3 is 10.1 Å². The van der Waals surface area contributed by atoms with Crippen LogP contribution < -0.4 is 10.1 Å². The van der Waals surface area contributed by atoms with Gasteiger partial charge in [0.25, 0.3) is 0 Å². The van der Waals surface area contributed by atoms with Crippen LogP contribution in [0.3, 0.4) is 0 Å². The van der Waals surface area contributed by atoms with Gasteiger partial charge in [0.1, 0.15) is 5.75 Å². The van der Waals surface area contributed by atoms with E-state index in [9.17, 15) is 4.39 Å². The van der Waals surface area contributed by atoms with E-state index in [2.05, 4.69) is 10.3 Å². The summed E-state index contributed by atoms with van der Waals surface area (Å²) in [6, 6.07) is 5.01. The van der Waals surface area contributed by atoms with Crippen molar-refractivity contribution in [1.29, 1.82) is 0 Å². The van der Waals surface area contributed by atoms with Gasteiger partial charge in [0.05, 0.1) is 7.11 Å². The van der Waals surface area contributed by atoms with E-state index in [4.69, 9.17) is 4.74 Å². The molecule has 2 aromatic rings. The third-order valence-corrected chi connectivity index (χ3v) is 5.61. The van der Waals surface area contributed by atoms with Crippen LogP contribution in [0.5, 0.6) is 5.75 Å². The summed E-state index contributed by atoms with van der Waals surface area (Å²) in [6.45, 7) is 0. The summed E-state index contributed by atoms with van der Waals surface area (Å²) in [5.41, 5.74) is 1.74. The van der Waals surface area contributed by atoms with Gasteiger partial charge in [-0.3, -0.25) is 0 Å². The average Bonchev–Trinajstić information content (AvgIpc) is 3.23. The second-order valence-corrected chi connectivity index (χ2v) is 6.76. The first kappa shape index (κ1) is 13.2. The highest BCUT2D eigenvalue weighted by atomic mass is 32.1. The number of thiophene rings is 1. The van der Waals surface area contributed by atoms with Gasteiger partial charge in [0, 0.05) is 40.0 Å². The lowest BCUT2D eigenvalue weighted by Gasteiger charge is -2.20. The zero-order chi connectivity index (χ0) is 14.4. The second-order valence-electron chi connectivity index (χ2n) is 5.85. The summed E-state index contributed by atoms with van der Waals surface area (Å²) in [7, 11) is 1.62. The van der Waals surface area contributed by atoms with Crippen LogP contribution >= 0.6 is 11.3 Å². The minimum Gasteiger partial charge on any atom is -0.496 e. The number of halogens is 1. The van der Waals surface area contributed by atoms with Crippen molar-refractivity contribution in [2.24, 2.45) is 0 Å². The van der Waals surface area contributed by atoms with Gasteiger partial charge in [0.2, 0.25) is 5.95 Å². The van der Waals surface area contributed by atoms with E-state index in [-0.39, 0.29) is 0 Å². The number of pyridine rings is 1. The van der Waals surface area contributed by atoms with E-state index in [1.54, 1.807) is 13.3 Å².